The molecule has 7 heteroatoms. The van der Waals surface area contributed by atoms with Gasteiger partial charge in [-0.3, -0.25) is 9.59 Å². The summed E-state index contributed by atoms with van der Waals surface area (Å²) in [5, 5.41) is 9.79. The number of aromatic nitrogens is 2. The lowest BCUT2D eigenvalue weighted by atomic mass is 10.4. The van der Waals surface area contributed by atoms with Crippen LogP contribution in [0, 0.1) is 0 Å². The first-order chi connectivity index (χ1) is 7.63. The van der Waals surface area contributed by atoms with E-state index in [1.807, 2.05) is 7.05 Å². The van der Waals surface area contributed by atoms with E-state index in [9.17, 15) is 9.59 Å². The van der Waals surface area contributed by atoms with Crippen molar-refractivity contribution in [1.29, 1.82) is 0 Å². The van der Waals surface area contributed by atoms with Gasteiger partial charge in [-0.1, -0.05) is 0 Å². The fourth-order valence-corrected chi connectivity index (χ4v) is 1.13. The van der Waals surface area contributed by atoms with Gasteiger partial charge >= 0.3 is 0 Å². The molecule has 0 unspecified atom stereocenters. The van der Waals surface area contributed by atoms with Gasteiger partial charge in [0.25, 0.3) is 5.56 Å². The molecular weight excluding hydrogens is 210 g/mol. The van der Waals surface area contributed by atoms with Crippen LogP contribution in [0.15, 0.2) is 17.1 Å². The number of primary amides is 1. The van der Waals surface area contributed by atoms with Crippen molar-refractivity contribution in [1.82, 2.24) is 15.1 Å². The molecule has 0 bridgehead atoms. The molecule has 0 spiro atoms. The lowest BCUT2D eigenvalue weighted by Crippen LogP contribution is -2.30. The summed E-state index contributed by atoms with van der Waals surface area (Å²) in [5.41, 5.74) is 5.24. The Labute approximate surface area is 92.6 Å². The van der Waals surface area contributed by atoms with Gasteiger partial charge in [-0.05, 0) is 7.05 Å². The summed E-state index contributed by atoms with van der Waals surface area (Å²) in [4.78, 5) is 22.1. The molecular formula is C9H15N5O2. The highest BCUT2D eigenvalue weighted by Gasteiger charge is 2.02. The first-order valence-electron chi connectivity index (χ1n) is 4.87. The first kappa shape index (κ1) is 12.2. The molecule has 1 rings (SSSR count). The number of likely N-dealkylation sites (N-methyl/N-ethyl adjacent to an activating group) is 1. The zero-order valence-electron chi connectivity index (χ0n) is 9.06. The van der Waals surface area contributed by atoms with E-state index in [0.717, 1.165) is 11.2 Å². The van der Waals surface area contributed by atoms with Crippen LogP contribution < -0.4 is 21.9 Å². The van der Waals surface area contributed by atoms with Crippen molar-refractivity contribution in [3.05, 3.63) is 22.6 Å². The van der Waals surface area contributed by atoms with Crippen molar-refractivity contribution in [2.45, 2.75) is 6.54 Å². The number of hydrogen-bond acceptors (Lipinski definition) is 5. The average molecular weight is 225 g/mol. The summed E-state index contributed by atoms with van der Waals surface area (Å²) in [7, 11) is 1.84. The normalized spacial score (nSPS) is 10.1. The predicted molar refractivity (Wildman–Crippen MR) is 60.1 cm³/mol. The average Bonchev–Trinajstić information content (AvgIpc) is 2.22. The monoisotopic (exact) mass is 225 g/mol. The molecule has 1 amide bonds. The summed E-state index contributed by atoms with van der Waals surface area (Å²) in [6.45, 7) is 1.28. The molecule has 7 nitrogen and oxygen atoms in total. The van der Waals surface area contributed by atoms with Crippen molar-refractivity contribution >= 4 is 11.6 Å². The number of rotatable bonds is 6. The van der Waals surface area contributed by atoms with Gasteiger partial charge in [-0.2, -0.15) is 5.10 Å². The second-order valence-corrected chi connectivity index (χ2v) is 3.24. The van der Waals surface area contributed by atoms with E-state index >= 15 is 0 Å². The summed E-state index contributed by atoms with van der Waals surface area (Å²) < 4.78 is 1.02. The van der Waals surface area contributed by atoms with Gasteiger partial charge in [0.05, 0.1) is 11.9 Å². The maximum absolute atomic E-state index is 11.4. The number of hydrogen-bond donors (Lipinski definition) is 3. The number of nitrogens with zero attached hydrogens (tertiary/aromatic N) is 2. The van der Waals surface area contributed by atoms with Crippen molar-refractivity contribution < 1.29 is 4.79 Å². The maximum atomic E-state index is 11.4. The van der Waals surface area contributed by atoms with E-state index in [-0.39, 0.29) is 12.1 Å². The molecule has 0 saturated heterocycles. The molecule has 0 saturated carbocycles. The van der Waals surface area contributed by atoms with Gasteiger partial charge in [-0.15, -0.1) is 0 Å². The summed E-state index contributed by atoms with van der Waals surface area (Å²) in [6.07, 6.45) is 1.49. The summed E-state index contributed by atoms with van der Waals surface area (Å²) >= 11 is 0. The van der Waals surface area contributed by atoms with Crippen LogP contribution in [0.25, 0.3) is 0 Å². The quantitative estimate of drug-likeness (QED) is 0.504. The molecule has 0 aliphatic heterocycles. The van der Waals surface area contributed by atoms with Crippen LogP contribution in [0.3, 0.4) is 0 Å². The number of carbonyl (C=O) groups is 1. The maximum Gasteiger partial charge on any atom is 0.269 e. The van der Waals surface area contributed by atoms with Gasteiger partial charge in [0.1, 0.15) is 6.54 Å². The number of carbonyl (C=O) groups excluding carboxylic acids is 1. The third-order valence-corrected chi connectivity index (χ3v) is 1.88. The highest BCUT2D eigenvalue weighted by Crippen LogP contribution is 1.97. The lowest BCUT2D eigenvalue weighted by Gasteiger charge is -2.06. The van der Waals surface area contributed by atoms with Crippen LogP contribution in [-0.2, 0) is 11.3 Å². The van der Waals surface area contributed by atoms with E-state index in [0.29, 0.717) is 12.2 Å². The molecule has 0 radical (unpaired) electrons. The molecule has 0 fully saturated rings. The van der Waals surface area contributed by atoms with E-state index < -0.39 is 5.91 Å². The van der Waals surface area contributed by atoms with Gasteiger partial charge in [-0.25, -0.2) is 4.68 Å². The standard InChI is InChI=1S/C9H15N5O2/c1-11-2-3-12-7-4-9(16)14(13-5-7)6-8(10)15/h4-5,11-12H,2-3,6H2,1H3,(H2,10,15). The zero-order valence-corrected chi connectivity index (χ0v) is 9.06. The molecule has 0 atom stereocenters. The number of nitrogens with one attached hydrogen (secondary N) is 2. The Balaban J connectivity index is 2.67. The van der Waals surface area contributed by atoms with Gasteiger partial charge in [0.2, 0.25) is 5.91 Å². The van der Waals surface area contributed by atoms with Gasteiger partial charge in [0, 0.05) is 19.2 Å². The van der Waals surface area contributed by atoms with E-state index in [4.69, 9.17) is 5.73 Å². The van der Waals surface area contributed by atoms with E-state index in [1.54, 1.807) is 0 Å². The van der Waals surface area contributed by atoms with Crippen LogP contribution in [-0.4, -0.2) is 35.8 Å². The lowest BCUT2D eigenvalue weighted by molar-refractivity contribution is -0.118. The second kappa shape index (κ2) is 5.86. The fraction of sp³-hybridized carbons (Fsp3) is 0.444. The fourth-order valence-electron chi connectivity index (χ4n) is 1.13. The number of anilines is 1. The Kier molecular flexibility index (Phi) is 4.46. The van der Waals surface area contributed by atoms with Gasteiger partial charge in [0.15, 0.2) is 0 Å². The molecule has 16 heavy (non-hydrogen) atoms. The third-order valence-electron chi connectivity index (χ3n) is 1.88. The molecule has 1 heterocycles. The van der Waals surface area contributed by atoms with Crippen LogP contribution in [0.5, 0.6) is 0 Å². The molecule has 88 valence electrons. The topological polar surface area (TPSA) is 102 Å². The largest absolute Gasteiger partial charge is 0.382 e. The van der Waals surface area contributed by atoms with Crippen molar-refractivity contribution in [3.8, 4) is 0 Å². The second-order valence-electron chi connectivity index (χ2n) is 3.24. The highest BCUT2D eigenvalue weighted by atomic mass is 16.2. The van der Waals surface area contributed by atoms with Crippen LogP contribution >= 0.6 is 0 Å². The predicted octanol–water partition coefficient (Wildman–Crippen LogP) is -1.64. The molecule has 0 aromatic carbocycles. The number of nitrogens with two attached hydrogens (primary N) is 1. The smallest absolute Gasteiger partial charge is 0.269 e. The van der Waals surface area contributed by atoms with E-state index in [2.05, 4.69) is 15.7 Å². The van der Waals surface area contributed by atoms with Crippen molar-refractivity contribution in [3.63, 3.8) is 0 Å². The third kappa shape index (κ3) is 3.70. The van der Waals surface area contributed by atoms with E-state index in [1.165, 1.54) is 12.3 Å². The molecule has 0 aliphatic carbocycles. The zero-order chi connectivity index (χ0) is 12.0. The molecule has 0 aliphatic rings. The molecule has 4 N–H and O–H groups in total. The first-order valence-corrected chi connectivity index (χ1v) is 4.87. The summed E-state index contributed by atoms with van der Waals surface area (Å²) in [6, 6.07) is 1.38. The Morgan fingerprint density at radius 3 is 2.88 bits per heavy atom. The highest BCUT2D eigenvalue weighted by molar-refractivity contribution is 5.73. The van der Waals surface area contributed by atoms with Crippen LogP contribution in [0.4, 0.5) is 5.69 Å². The Morgan fingerprint density at radius 1 is 1.56 bits per heavy atom. The minimum absolute atomic E-state index is 0.199. The Hall–Kier alpha value is -1.89. The molecule has 1 aromatic rings. The minimum Gasteiger partial charge on any atom is -0.382 e. The van der Waals surface area contributed by atoms with Crippen molar-refractivity contribution in [2.24, 2.45) is 5.73 Å². The van der Waals surface area contributed by atoms with Crippen molar-refractivity contribution in [2.75, 3.05) is 25.5 Å². The minimum atomic E-state index is -0.592. The SMILES string of the molecule is CNCCNc1cnn(CC(N)=O)c(=O)c1. The van der Waals surface area contributed by atoms with Crippen LogP contribution in [0.2, 0.25) is 0 Å². The Bertz CT molecular complexity index is 415. The Morgan fingerprint density at radius 2 is 2.31 bits per heavy atom. The number of amides is 1. The van der Waals surface area contributed by atoms with Gasteiger partial charge < -0.3 is 16.4 Å². The van der Waals surface area contributed by atoms with Crippen LogP contribution in [0.1, 0.15) is 0 Å². The summed E-state index contributed by atoms with van der Waals surface area (Å²) in [5.74, 6) is -0.592. The molecule has 1 aromatic heterocycles.